The fourth-order valence-electron chi connectivity index (χ4n) is 1.12. The molecule has 0 atom stereocenters. The fraction of sp³-hybridized carbons (Fsp3) is 0.100. The third kappa shape index (κ3) is 2.83. The Kier molecular flexibility index (Phi) is 4.37. The molecule has 0 aliphatic rings. The van der Waals surface area contributed by atoms with Crippen molar-refractivity contribution in [3.8, 4) is 0 Å². The minimum atomic E-state index is -0.883. The first kappa shape index (κ1) is 12.3. The van der Waals surface area contributed by atoms with Crippen molar-refractivity contribution >= 4 is 51.6 Å². The van der Waals surface area contributed by atoms with E-state index in [9.17, 15) is 9.59 Å². The fourth-order valence-corrected chi connectivity index (χ4v) is 1.64. The first-order chi connectivity index (χ1) is 7.07. The van der Waals surface area contributed by atoms with Crippen molar-refractivity contribution in [2.24, 2.45) is 0 Å². The molecule has 0 fully saturated rings. The van der Waals surface area contributed by atoms with Gasteiger partial charge >= 0.3 is 0 Å². The molecule has 1 aromatic carbocycles. The molecular weight excluding hydrogens is 258 g/mol. The Morgan fingerprint density at radius 2 is 1.87 bits per heavy atom. The molecule has 1 rings (SSSR count). The zero-order chi connectivity index (χ0) is 11.4. The molecule has 0 aromatic heterocycles. The minimum Gasteiger partial charge on any atom is -0.275 e. The molecular formula is C10H5Cl3O2. The van der Waals surface area contributed by atoms with E-state index in [1.807, 2.05) is 0 Å². The lowest BCUT2D eigenvalue weighted by molar-refractivity contribution is -0.106. The van der Waals surface area contributed by atoms with E-state index in [-0.39, 0.29) is 5.57 Å². The summed E-state index contributed by atoms with van der Waals surface area (Å²) in [5, 5.41) is -0.883. The van der Waals surface area contributed by atoms with Crippen LogP contribution in [-0.2, 0) is 9.59 Å². The maximum atomic E-state index is 10.9. The molecule has 0 heterocycles. The van der Waals surface area contributed by atoms with Gasteiger partial charge in [0.05, 0.1) is 0 Å². The zero-order valence-corrected chi connectivity index (χ0v) is 9.60. The van der Waals surface area contributed by atoms with Gasteiger partial charge in [0.1, 0.15) is 16.4 Å². The molecule has 0 aliphatic carbocycles. The van der Waals surface area contributed by atoms with Crippen molar-refractivity contribution in [1.82, 2.24) is 0 Å². The van der Waals surface area contributed by atoms with Crippen LogP contribution < -0.4 is 0 Å². The number of hydrogen-bond acceptors (Lipinski definition) is 2. The summed E-state index contributed by atoms with van der Waals surface area (Å²) in [4.78, 5) is 20.7. The van der Waals surface area contributed by atoms with Gasteiger partial charge in [-0.2, -0.15) is 0 Å². The molecule has 0 unspecified atom stereocenters. The van der Waals surface area contributed by atoms with Crippen LogP contribution in [0.4, 0.5) is 0 Å². The van der Waals surface area contributed by atoms with Crippen LogP contribution in [0, 0.1) is 0 Å². The van der Waals surface area contributed by atoms with E-state index in [1.54, 1.807) is 18.2 Å². The predicted octanol–water partition coefficient (Wildman–Crippen LogP) is 3.14. The normalized spacial score (nSPS) is 9.87. The van der Waals surface area contributed by atoms with Crippen LogP contribution in [0.5, 0.6) is 0 Å². The van der Waals surface area contributed by atoms with Crippen molar-refractivity contribution in [3.05, 3.63) is 35.4 Å². The lowest BCUT2D eigenvalue weighted by Gasteiger charge is -2.07. The van der Waals surface area contributed by atoms with E-state index in [4.69, 9.17) is 34.8 Å². The first-order valence-corrected chi connectivity index (χ1v) is 5.15. The largest absolute Gasteiger partial charge is 0.275 e. The molecule has 0 spiro atoms. The van der Waals surface area contributed by atoms with Crippen molar-refractivity contribution < 1.29 is 9.59 Å². The van der Waals surface area contributed by atoms with Crippen molar-refractivity contribution in [3.63, 3.8) is 0 Å². The van der Waals surface area contributed by atoms with Crippen molar-refractivity contribution in [2.45, 2.75) is 4.84 Å². The monoisotopic (exact) mass is 262 g/mol. The topological polar surface area (TPSA) is 34.1 Å². The Morgan fingerprint density at radius 1 is 1.27 bits per heavy atom. The van der Waals surface area contributed by atoms with Gasteiger partial charge in [-0.15, -0.1) is 23.2 Å². The molecule has 0 bridgehead atoms. The molecule has 1 aromatic rings. The van der Waals surface area contributed by atoms with Crippen LogP contribution in [0.25, 0.3) is 5.57 Å². The Bertz CT molecular complexity index is 434. The Hall–Kier alpha value is -0.790. The van der Waals surface area contributed by atoms with E-state index >= 15 is 0 Å². The second kappa shape index (κ2) is 5.34. The Balaban J connectivity index is 3.36. The highest BCUT2D eigenvalue weighted by Gasteiger charge is 2.17. The van der Waals surface area contributed by atoms with Gasteiger partial charge in [0.25, 0.3) is 5.24 Å². The third-order valence-corrected chi connectivity index (χ3v) is 2.42. The summed E-state index contributed by atoms with van der Waals surface area (Å²) in [5.41, 5.74) is 0.495. The predicted molar refractivity (Wildman–Crippen MR) is 60.8 cm³/mol. The van der Waals surface area contributed by atoms with Gasteiger partial charge in [-0.3, -0.25) is 4.79 Å². The number of carbonyl (C=O) groups excluding carboxylic acids is 2. The quantitative estimate of drug-likeness (QED) is 0.363. The SMILES string of the molecule is O=C=C(C(=O)Cl)c1ccccc1C(Cl)Cl. The zero-order valence-electron chi connectivity index (χ0n) is 7.34. The number of rotatable bonds is 3. The summed E-state index contributed by atoms with van der Waals surface area (Å²) in [7, 11) is 0. The van der Waals surface area contributed by atoms with Gasteiger partial charge in [0, 0.05) is 5.56 Å². The molecule has 15 heavy (non-hydrogen) atoms. The van der Waals surface area contributed by atoms with E-state index in [0.29, 0.717) is 11.1 Å². The van der Waals surface area contributed by atoms with Gasteiger partial charge in [0.15, 0.2) is 0 Å². The number of hydrogen-bond donors (Lipinski definition) is 0. The van der Waals surface area contributed by atoms with Gasteiger partial charge < -0.3 is 0 Å². The van der Waals surface area contributed by atoms with Gasteiger partial charge in [-0.1, -0.05) is 24.3 Å². The van der Waals surface area contributed by atoms with E-state index in [0.717, 1.165) is 0 Å². The van der Waals surface area contributed by atoms with Crippen molar-refractivity contribution in [1.29, 1.82) is 0 Å². The Morgan fingerprint density at radius 3 is 2.33 bits per heavy atom. The molecule has 0 amide bonds. The van der Waals surface area contributed by atoms with Gasteiger partial charge in [-0.25, -0.2) is 4.79 Å². The molecule has 0 N–H and O–H groups in total. The molecule has 2 nitrogen and oxygen atoms in total. The van der Waals surface area contributed by atoms with E-state index < -0.39 is 10.1 Å². The summed E-state index contributed by atoms with van der Waals surface area (Å²) in [5.74, 6) is 1.48. The van der Waals surface area contributed by atoms with E-state index in [1.165, 1.54) is 12.0 Å². The molecule has 0 saturated carbocycles. The van der Waals surface area contributed by atoms with E-state index in [2.05, 4.69) is 0 Å². The molecule has 0 radical (unpaired) electrons. The van der Waals surface area contributed by atoms with Crippen LogP contribution in [0.3, 0.4) is 0 Å². The second-order valence-corrected chi connectivity index (χ2v) is 4.08. The molecule has 5 heteroatoms. The summed E-state index contributed by atoms with van der Waals surface area (Å²) < 4.78 is 0. The highest BCUT2D eigenvalue weighted by molar-refractivity contribution is 6.75. The van der Waals surface area contributed by atoms with Crippen LogP contribution in [0.2, 0.25) is 0 Å². The lowest BCUT2D eigenvalue weighted by Crippen LogP contribution is -1.99. The molecule has 0 saturated heterocycles. The highest BCUT2D eigenvalue weighted by atomic mass is 35.5. The smallest absolute Gasteiger partial charge is 0.264 e. The van der Waals surface area contributed by atoms with Crippen LogP contribution in [0.15, 0.2) is 24.3 Å². The van der Waals surface area contributed by atoms with Gasteiger partial charge in [-0.05, 0) is 17.2 Å². The highest BCUT2D eigenvalue weighted by Crippen LogP contribution is 2.31. The third-order valence-electron chi connectivity index (χ3n) is 1.76. The Labute approximate surface area is 101 Å². The minimum absolute atomic E-state index is 0.265. The van der Waals surface area contributed by atoms with Crippen LogP contribution in [0.1, 0.15) is 16.0 Å². The number of alkyl halides is 2. The van der Waals surface area contributed by atoms with Crippen LogP contribution >= 0.6 is 34.8 Å². The maximum Gasteiger partial charge on any atom is 0.264 e. The standard InChI is InChI=1S/C10H5Cl3O2/c11-9(12)7-4-2-1-3-6(7)8(5-14)10(13)15/h1-4,9H. The summed E-state index contributed by atoms with van der Waals surface area (Å²) >= 11 is 16.6. The summed E-state index contributed by atoms with van der Waals surface area (Å²) in [6.07, 6.45) is 0. The number of halogens is 3. The second-order valence-electron chi connectivity index (χ2n) is 2.64. The molecule has 78 valence electrons. The number of carbonyl (C=O) groups is 1. The summed E-state index contributed by atoms with van der Waals surface area (Å²) in [6.45, 7) is 0. The van der Waals surface area contributed by atoms with Crippen LogP contribution in [-0.4, -0.2) is 11.2 Å². The summed E-state index contributed by atoms with van der Waals surface area (Å²) in [6, 6.07) is 6.48. The number of benzene rings is 1. The van der Waals surface area contributed by atoms with Gasteiger partial charge in [0.2, 0.25) is 0 Å². The molecule has 0 aliphatic heterocycles. The lowest BCUT2D eigenvalue weighted by atomic mass is 10.0. The average Bonchev–Trinajstić information content (AvgIpc) is 2.18. The maximum absolute atomic E-state index is 10.9. The number of allylic oxidation sites excluding steroid dienone is 1. The van der Waals surface area contributed by atoms with Crippen molar-refractivity contribution in [2.75, 3.05) is 0 Å². The average molecular weight is 264 g/mol. The first-order valence-electron chi connectivity index (χ1n) is 3.90.